The molecule has 1 aliphatic heterocycles. The van der Waals surface area contributed by atoms with Crippen molar-refractivity contribution in [3.8, 4) is 0 Å². The second kappa shape index (κ2) is 3.54. The summed E-state index contributed by atoms with van der Waals surface area (Å²) in [6.45, 7) is 2.49. The summed E-state index contributed by atoms with van der Waals surface area (Å²) in [6, 6.07) is 6.69. The first kappa shape index (κ1) is 9.97. The molecule has 1 aromatic carbocycles. The molecule has 0 bridgehead atoms. The fraction of sp³-hybridized carbons (Fsp3) is 0.222. The molecule has 1 aliphatic rings. The van der Waals surface area contributed by atoms with Gasteiger partial charge in [0.2, 0.25) is 5.96 Å². The fourth-order valence-corrected chi connectivity index (χ4v) is 2.45. The zero-order valence-corrected chi connectivity index (χ0v) is 9.00. The lowest BCUT2D eigenvalue weighted by molar-refractivity contribution is 0.597. The van der Waals surface area contributed by atoms with Gasteiger partial charge in [-0.05, 0) is 19.1 Å². The molecule has 1 aromatic rings. The summed E-state index contributed by atoms with van der Waals surface area (Å²) < 4.78 is 27.0. The lowest BCUT2D eigenvalue weighted by Crippen LogP contribution is -2.34. The largest absolute Gasteiger partial charge is 0.355 e. The summed E-state index contributed by atoms with van der Waals surface area (Å²) in [6.07, 6.45) is 0. The van der Waals surface area contributed by atoms with Gasteiger partial charge in [0, 0.05) is 6.54 Å². The number of nitrogens with zero attached hydrogens (tertiary/aromatic N) is 1. The number of hydrogen-bond donors (Lipinski definition) is 2. The number of rotatable bonds is 1. The molecule has 0 radical (unpaired) electrons. The summed E-state index contributed by atoms with van der Waals surface area (Å²) in [5.74, 6) is 0.274. The van der Waals surface area contributed by atoms with Crippen LogP contribution in [0.4, 0.5) is 5.69 Å². The number of benzene rings is 1. The number of sulfonamides is 1. The van der Waals surface area contributed by atoms with Crippen LogP contribution in [-0.2, 0) is 10.0 Å². The van der Waals surface area contributed by atoms with Crippen LogP contribution in [-0.4, -0.2) is 20.9 Å². The van der Waals surface area contributed by atoms with Gasteiger partial charge in [0.1, 0.15) is 4.90 Å². The van der Waals surface area contributed by atoms with Crippen molar-refractivity contribution < 1.29 is 8.42 Å². The van der Waals surface area contributed by atoms with Gasteiger partial charge < -0.3 is 10.6 Å². The SMILES string of the molecule is CCNC1=NS(=O)(=O)c2ccccc2N1. The van der Waals surface area contributed by atoms with Crippen molar-refractivity contribution in [2.75, 3.05) is 11.9 Å². The van der Waals surface area contributed by atoms with Crippen molar-refractivity contribution in [1.29, 1.82) is 0 Å². The average molecular weight is 225 g/mol. The molecule has 15 heavy (non-hydrogen) atoms. The van der Waals surface area contributed by atoms with E-state index in [1.54, 1.807) is 18.2 Å². The minimum atomic E-state index is -3.55. The molecule has 0 spiro atoms. The van der Waals surface area contributed by atoms with Gasteiger partial charge in [-0.25, -0.2) is 0 Å². The Labute approximate surface area is 88.3 Å². The van der Waals surface area contributed by atoms with Crippen molar-refractivity contribution >= 4 is 21.7 Å². The lowest BCUT2D eigenvalue weighted by Gasteiger charge is -2.17. The van der Waals surface area contributed by atoms with Crippen molar-refractivity contribution in [2.45, 2.75) is 11.8 Å². The Morgan fingerprint density at radius 2 is 2.13 bits per heavy atom. The molecule has 0 amide bonds. The van der Waals surface area contributed by atoms with Gasteiger partial charge in [-0.1, -0.05) is 12.1 Å². The van der Waals surface area contributed by atoms with Crippen molar-refractivity contribution in [3.05, 3.63) is 24.3 Å². The van der Waals surface area contributed by atoms with E-state index < -0.39 is 10.0 Å². The van der Waals surface area contributed by atoms with Gasteiger partial charge in [-0.2, -0.15) is 8.42 Å². The van der Waals surface area contributed by atoms with E-state index >= 15 is 0 Å². The highest BCUT2D eigenvalue weighted by atomic mass is 32.2. The topological polar surface area (TPSA) is 70.6 Å². The van der Waals surface area contributed by atoms with Crippen LogP contribution < -0.4 is 10.6 Å². The minimum Gasteiger partial charge on any atom is -0.355 e. The van der Waals surface area contributed by atoms with Gasteiger partial charge in [-0.3, -0.25) is 0 Å². The second-order valence-electron chi connectivity index (χ2n) is 3.07. The molecule has 2 rings (SSSR count). The van der Waals surface area contributed by atoms with E-state index in [4.69, 9.17) is 0 Å². The molecule has 0 saturated carbocycles. The van der Waals surface area contributed by atoms with Gasteiger partial charge in [-0.15, -0.1) is 4.40 Å². The number of nitrogens with one attached hydrogen (secondary N) is 2. The van der Waals surface area contributed by atoms with E-state index in [2.05, 4.69) is 15.0 Å². The van der Waals surface area contributed by atoms with Crippen LogP contribution in [0.2, 0.25) is 0 Å². The third-order valence-corrected chi connectivity index (χ3v) is 3.31. The molecular weight excluding hydrogens is 214 g/mol. The predicted molar refractivity (Wildman–Crippen MR) is 58.4 cm³/mol. The first-order valence-corrected chi connectivity index (χ1v) is 6.02. The van der Waals surface area contributed by atoms with Crippen molar-refractivity contribution in [3.63, 3.8) is 0 Å². The molecule has 5 nitrogen and oxygen atoms in total. The zero-order chi connectivity index (χ0) is 10.9. The van der Waals surface area contributed by atoms with Crippen LogP contribution in [0.3, 0.4) is 0 Å². The van der Waals surface area contributed by atoms with Crippen LogP contribution >= 0.6 is 0 Å². The maximum Gasteiger partial charge on any atom is 0.287 e. The molecule has 0 fully saturated rings. The highest BCUT2D eigenvalue weighted by Crippen LogP contribution is 2.25. The molecule has 6 heteroatoms. The Morgan fingerprint density at radius 3 is 2.87 bits per heavy atom. The number of para-hydroxylation sites is 1. The second-order valence-corrected chi connectivity index (χ2v) is 4.64. The molecule has 0 unspecified atom stereocenters. The lowest BCUT2D eigenvalue weighted by atomic mass is 10.3. The Balaban J connectivity index is 2.50. The highest BCUT2D eigenvalue weighted by Gasteiger charge is 2.23. The third-order valence-electron chi connectivity index (χ3n) is 1.97. The Morgan fingerprint density at radius 1 is 1.40 bits per heavy atom. The van der Waals surface area contributed by atoms with E-state index in [1.807, 2.05) is 6.92 Å². The van der Waals surface area contributed by atoms with E-state index in [-0.39, 0.29) is 10.9 Å². The Kier molecular flexibility index (Phi) is 2.36. The predicted octanol–water partition coefficient (Wildman–Crippen LogP) is 0.766. The molecule has 2 N–H and O–H groups in total. The number of anilines is 1. The van der Waals surface area contributed by atoms with Crippen LogP contribution in [0.25, 0.3) is 0 Å². The summed E-state index contributed by atoms with van der Waals surface area (Å²) >= 11 is 0. The van der Waals surface area contributed by atoms with Gasteiger partial charge in [0.05, 0.1) is 5.69 Å². The average Bonchev–Trinajstić information content (AvgIpc) is 2.17. The minimum absolute atomic E-state index is 0.214. The summed E-state index contributed by atoms with van der Waals surface area (Å²) in [7, 11) is -3.55. The Bertz CT molecular complexity index is 508. The first-order valence-electron chi connectivity index (χ1n) is 4.58. The zero-order valence-electron chi connectivity index (χ0n) is 8.19. The normalized spacial score (nSPS) is 17.3. The van der Waals surface area contributed by atoms with Crippen molar-refractivity contribution in [1.82, 2.24) is 5.32 Å². The fourth-order valence-electron chi connectivity index (χ4n) is 1.36. The van der Waals surface area contributed by atoms with Gasteiger partial charge in [0.25, 0.3) is 10.0 Å². The number of hydrogen-bond acceptors (Lipinski definition) is 4. The quantitative estimate of drug-likeness (QED) is 0.740. The van der Waals surface area contributed by atoms with E-state index in [0.717, 1.165) is 0 Å². The van der Waals surface area contributed by atoms with Crippen LogP contribution in [0.15, 0.2) is 33.6 Å². The standard InChI is InChI=1S/C9H11N3O2S/c1-2-10-9-11-7-5-3-4-6-8(7)15(13,14)12-9/h3-6H,2H2,1H3,(H2,10,11,12). The first-order chi connectivity index (χ1) is 7.13. The highest BCUT2D eigenvalue weighted by molar-refractivity contribution is 7.90. The third kappa shape index (κ3) is 1.80. The van der Waals surface area contributed by atoms with E-state index in [9.17, 15) is 8.42 Å². The number of guanidine groups is 1. The van der Waals surface area contributed by atoms with E-state index in [0.29, 0.717) is 12.2 Å². The molecular formula is C9H11N3O2S. The van der Waals surface area contributed by atoms with Gasteiger partial charge >= 0.3 is 0 Å². The number of fused-ring (bicyclic) bond motifs is 1. The molecule has 80 valence electrons. The molecule has 1 heterocycles. The molecule has 0 aromatic heterocycles. The monoisotopic (exact) mass is 225 g/mol. The maximum absolute atomic E-state index is 11.7. The molecule has 0 saturated heterocycles. The Hall–Kier alpha value is -1.56. The maximum atomic E-state index is 11.7. The molecule has 0 atom stereocenters. The van der Waals surface area contributed by atoms with Gasteiger partial charge in [0.15, 0.2) is 0 Å². The smallest absolute Gasteiger partial charge is 0.287 e. The van der Waals surface area contributed by atoms with E-state index in [1.165, 1.54) is 6.07 Å². The summed E-state index contributed by atoms with van der Waals surface area (Å²) in [5, 5.41) is 5.75. The summed E-state index contributed by atoms with van der Waals surface area (Å²) in [4.78, 5) is 0.214. The molecule has 0 aliphatic carbocycles. The van der Waals surface area contributed by atoms with Crippen molar-refractivity contribution in [2.24, 2.45) is 4.40 Å². The summed E-state index contributed by atoms with van der Waals surface area (Å²) in [5.41, 5.74) is 0.559. The van der Waals surface area contributed by atoms with Crippen LogP contribution in [0, 0.1) is 0 Å². The van der Waals surface area contributed by atoms with Crippen LogP contribution in [0.5, 0.6) is 0 Å². The van der Waals surface area contributed by atoms with Crippen LogP contribution in [0.1, 0.15) is 6.92 Å².